The van der Waals surface area contributed by atoms with Crippen LogP contribution in [0.4, 0.5) is 0 Å². The summed E-state index contributed by atoms with van der Waals surface area (Å²) in [6.07, 6.45) is 6.94. The second-order valence-corrected chi connectivity index (χ2v) is 8.27. The Balaban J connectivity index is 0.00000196. The number of rotatable bonds is 5. The van der Waals surface area contributed by atoms with E-state index in [1.807, 2.05) is 0 Å². The molecular weight excluding hydrogens is 439 g/mol. The van der Waals surface area contributed by atoms with Gasteiger partial charge in [-0.25, -0.2) is 0 Å². The minimum Gasteiger partial charge on any atom is -0.357 e. The highest BCUT2D eigenvalue weighted by atomic mass is 127. The molecule has 4 saturated heterocycles. The quantitative estimate of drug-likeness (QED) is 0.355. The molecule has 4 heterocycles. The summed E-state index contributed by atoms with van der Waals surface area (Å²) in [5.41, 5.74) is 0. The minimum absolute atomic E-state index is 0. The van der Waals surface area contributed by atoms with E-state index in [4.69, 9.17) is 4.99 Å². The third-order valence-electron chi connectivity index (χ3n) is 6.60. The highest BCUT2D eigenvalue weighted by Gasteiger charge is 2.32. The van der Waals surface area contributed by atoms with Crippen LogP contribution < -0.4 is 10.6 Å². The van der Waals surface area contributed by atoms with Gasteiger partial charge >= 0.3 is 0 Å². The molecule has 2 unspecified atom stereocenters. The van der Waals surface area contributed by atoms with Crippen molar-refractivity contribution in [1.82, 2.24) is 25.3 Å². The molecule has 2 N–H and O–H groups in total. The summed E-state index contributed by atoms with van der Waals surface area (Å²) >= 11 is 0. The lowest BCUT2D eigenvalue weighted by Crippen LogP contribution is -2.62. The van der Waals surface area contributed by atoms with Crippen LogP contribution in [-0.4, -0.2) is 97.7 Å². The fourth-order valence-corrected chi connectivity index (χ4v) is 5.11. The Morgan fingerprint density at radius 2 is 1.73 bits per heavy atom. The number of hydrogen-bond acceptors (Lipinski definition) is 4. The van der Waals surface area contributed by atoms with Gasteiger partial charge in [0.15, 0.2) is 5.96 Å². The lowest BCUT2D eigenvalue weighted by Gasteiger charge is -2.47. The number of nitrogens with one attached hydrogen (secondary N) is 2. The molecule has 5 aliphatic rings. The molecule has 2 bridgehead atoms. The maximum atomic E-state index is 4.95. The Hall–Kier alpha value is -0.120. The average molecular weight is 476 g/mol. The molecule has 0 aromatic carbocycles. The van der Waals surface area contributed by atoms with E-state index in [0.717, 1.165) is 25.1 Å². The molecule has 6 nitrogen and oxygen atoms in total. The second kappa shape index (κ2) is 9.89. The zero-order valence-corrected chi connectivity index (χ0v) is 18.7. The standard InChI is InChI=1S/C19H36N6.HI/c1-2-20-19(21-13-18-15-23-9-11-24(18)12-10-23)22-16-7-8-25(14-16)17-5-3-4-6-17;/h16-18H,2-15H2,1H3,(H2,20,21,22);1H. The second-order valence-electron chi connectivity index (χ2n) is 8.27. The van der Waals surface area contributed by atoms with Gasteiger partial charge in [-0.2, -0.15) is 0 Å². The molecule has 1 saturated carbocycles. The molecule has 1 aliphatic carbocycles. The predicted molar refractivity (Wildman–Crippen MR) is 119 cm³/mol. The molecule has 0 amide bonds. The monoisotopic (exact) mass is 476 g/mol. The third kappa shape index (κ3) is 5.02. The molecule has 7 heteroatoms. The Morgan fingerprint density at radius 3 is 2.38 bits per heavy atom. The van der Waals surface area contributed by atoms with Gasteiger partial charge in [-0.15, -0.1) is 24.0 Å². The van der Waals surface area contributed by atoms with Gasteiger partial charge in [-0.3, -0.25) is 19.7 Å². The molecule has 5 rings (SSSR count). The largest absolute Gasteiger partial charge is 0.357 e. The van der Waals surface area contributed by atoms with Crippen molar-refractivity contribution < 1.29 is 0 Å². The number of likely N-dealkylation sites (tertiary alicyclic amines) is 1. The van der Waals surface area contributed by atoms with Crippen molar-refractivity contribution in [2.45, 2.75) is 57.2 Å². The highest BCUT2D eigenvalue weighted by molar-refractivity contribution is 14.0. The summed E-state index contributed by atoms with van der Waals surface area (Å²) in [5.74, 6) is 1.03. The first kappa shape index (κ1) is 20.6. The number of piperazine rings is 3. The summed E-state index contributed by atoms with van der Waals surface area (Å²) in [5, 5.41) is 7.18. The van der Waals surface area contributed by atoms with Crippen LogP contribution in [0.25, 0.3) is 0 Å². The van der Waals surface area contributed by atoms with Crippen LogP contribution in [-0.2, 0) is 0 Å². The fraction of sp³-hybridized carbons (Fsp3) is 0.947. The van der Waals surface area contributed by atoms with Crippen molar-refractivity contribution in [1.29, 1.82) is 0 Å². The molecule has 0 aromatic heterocycles. The molecule has 4 aliphatic heterocycles. The van der Waals surface area contributed by atoms with Crippen LogP contribution >= 0.6 is 24.0 Å². The molecule has 0 radical (unpaired) electrons. The Morgan fingerprint density at radius 1 is 0.962 bits per heavy atom. The van der Waals surface area contributed by atoms with Gasteiger partial charge in [0, 0.05) is 70.5 Å². The van der Waals surface area contributed by atoms with E-state index in [2.05, 4.69) is 32.3 Å². The number of aliphatic imine (C=N–C) groups is 1. The number of fused-ring (bicyclic) bond motifs is 3. The lowest BCUT2D eigenvalue weighted by molar-refractivity contribution is 0.0174. The Kier molecular flexibility index (Phi) is 7.84. The van der Waals surface area contributed by atoms with Crippen LogP contribution in [0.3, 0.4) is 0 Å². The van der Waals surface area contributed by atoms with E-state index in [1.54, 1.807) is 0 Å². The third-order valence-corrected chi connectivity index (χ3v) is 6.60. The molecule has 26 heavy (non-hydrogen) atoms. The molecule has 2 atom stereocenters. The summed E-state index contributed by atoms with van der Waals surface area (Å²) < 4.78 is 0. The zero-order chi connectivity index (χ0) is 17.1. The van der Waals surface area contributed by atoms with E-state index in [9.17, 15) is 0 Å². The fourth-order valence-electron chi connectivity index (χ4n) is 5.11. The van der Waals surface area contributed by atoms with Crippen molar-refractivity contribution in [2.24, 2.45) is 4.99 Å². The maximum absolute atomic E-state index is 4.95. The Labute approximate surface area is 176 Å². The number of halogens is 1. The SMILES string of the molecule is CCNC(=NCC1CN2CCN1CC2)NC1CCN(C2CCCC2)C1.I. The first-order chi connectivity index (χ1) is 12.3. The van der Waals surface area contributed by atoms with Gasteiger partial charge in [0.2, 0.25) is 0 Å². The normalized spacial score (nSPS) is 35.5. The van der Waals surface area contributed by atoms with E-state index < -0.39 is 0 Å². The van der Waals surface area contributed by atoms with Gasteiger partial charge in [0.05, 0.1) is 6.54 Å². The summed E-state index contributed by atoms with van der Waals surface area (Å²) in [7, 11) is 0. The summed E-state index contributed by atoms with van der Waals surface area (Å²) in [6, 6.07) is 2.02. The van der Waals surface area contributed by atoms with Gasteiger partial charge in [-0.1, -0.05) is 12.8 Å². The van der Waals surface area contributed by atoms with Crippen LogP contribution in [0.5, 0.6) is 0 Å². The zero-order valence-electron chi connectivity index (χ0n) is 16.3. The summed E-state index contributed by atoms with van der Waals surface area (Å²) in [6.45, 7) is 12.6. The van der Waals surface area contributed by atoms with Crippen LogP contribution in [0, 0.1) is 0 Å². The molecule has 150 valence electrons. The number of nitrogens with zero attached hydrogens (tertiary/aromatic N) is 4. The van der Waals surface area contributed by atoms with E-state index in [1.165, 1.54) is 77.9 Å². The van der Waals surface area contributed by atoms with Crippen LogP contribution in [0.2, 0.25) is 0 Å². The van der Waals surface area contributed by atoms with Gasteiger partial charge in [0.25, 0.3) is 0 Å². The first-order valence-electron chi connectivity index (χ1n) is 10.6. The van der Waals surface area contributed by atoms with Crippen molar-refractivity contribution in [3.63, 3.8) is 0 Å². The van der Waals surface area contributed by atoms with Gasteiger partial charge in [0.1, 0.15) is 0 Å². The molecule has 0 aromatic rings. The highest BCUT2D eigenvalue weighted by Crippen LogP contribution is 2.26. The van der Waals surface area contributed by atoms with Crippen LogP contribution in [0.15, 0.2) is 4.99 Å². The van der Waals surface area contributed by atoms with E-state index in [0.29, 0.717) is 12.1 Å². The first-order valence-corrected chi connectivity index (χ1v) is 10.6. The maximum Gasteiger partial charge on any atom is 0.191 e. The number of guanidine groups is 1. The lowest BCUT2D eigenvalue weighted by atomic mass is 10.1. The molecule has 5 fully saturated rings. The summed E-state index contributed by atoms with van der Waals surface area (Å²) in [4.78, 5) is 12.9. The van der Waals surface area contributed by atoms with Crippen molar-refractivity contribution in [3.05, 3.63) is 0 Å². The minimum atomic E-state index is 0. The van der Waals surface area contributed by atoms with Crippen molar-refractivity contribution in [2.75, 3.05) is 58.9 Å². The molecule has 0 spiro atoms. The van der Waals surface area contributed by atoms with E-state index in [-0.39, 0.29) is 24.0 Å². The van der Waals surface area contributed by atoms with Crippen molar-refractivity contribution in [3.8, 4) is 0 Å². The Bertz CT molecular complexity index is 459. The van der Waals surface area contributed by atoms with Crippen LogP contribution in [0.1, 0.15) is 39.0 Å². The van der Waals surface area contributed by atoms with Gasteiger partial charge < -0.3 is 10.6 Å². The predicted octanol–water partition coefficient (Wildman–Crippen LogP) is 1.18. The van der Waals surface area contributed by atoms with Crippen molar-refractivity contribution >= 4 is 29.9 Å². The van der Waals surface area contributed by atoms with Gasteiger partial charge in [-0.05, 0) is 26.2 Å². The topological polar surface area (TPSA) is 46.1 Å². The average Bonchev–Trinajstić information content (AvgIpc) is 3.32. The number of hydrogen-bond donors (Lipinski definition) is 2. The smallest absolute Gasteiger partial charge is 0.191 e. The van der Waals surface area contributed by atoms with E-state index >= 15 is 0 Å². The molecular formula is C19H37IN6.